The lowest BCUT2D eigenvalue weighted by molar-refractivity contribution is -0.135. The average molecular weight is 359 g/mol. The molecule has 0 aliphatic carbocycles. The van der Waals surface area contributed by atoms with Crippen LogP contribution in [0.3, 0.4) is 0 Å². The van der Waals surface area contributed by atoms with Gasteiger partial charge in [-0.15, -0.1) is 12.4 Å². The highest BCUT2D eigenvalue weighted by atomic mass is 35.5. The Balaban J connectivity index is 0.00000192. The summed E-state index contributed by atoms with van der Waals surface area (Å²) in [5.41, 5.74) is 0. The molecule has 9 heteroatoms. The van der Waals surface area contributed by atoms with Crippen LogP contribution in [0.1, 0.15) is 18.3 Å². The minimum atomic E-state index is -0.0255. The minimum absolute atomic E-state index is 0. The molecule has 3 heterocycles. The van der Waals surface area contributed by atoms with E-state index < -0.39 is 0 Å². The van der Waals surface area contributed by atoms with Gasteiger partial charge in [-0.3, -0.25) is 9.48 Å². The highest BCUT2D eigenvalue weighted by Gasteiger charge is 2.30. The van der Waals surface area contributed by atoms with E-state index in [-0.39, 0.29) is 24.4 Å². The molecule has 2 aromatic rings. The lowest BCUT2D eigenvalue weighted by atomic mass is 10.1. The molecule has 126 valence electrons. The fourth-order valence-corrected chi connectivity index (χ4v) is 2.90. The molecule has 3 rings (SSSR count). The SMILES string of the molecule is Cl.Cn1ccnc1C1CNCCN1C(=O)CCn1cc(Cl)cn1. The summed E-state index contributed by atoms with van der Waals surface area (Å²) in [5.74, 6) is 1.02. The summed E-state index contributed by atoms with van der Waals surface area (Å²) < 4.78 is 3.66. The molecule has 1 saturated heterocycles. The van der Waals surface area contributed by atoms with E-state index in [1.807, 2.05) is 22.7 Å². The summed E-state index contributed by atoms with van der Waals surface area (Å²) >= 11 is 5.83. The van der Waals surface area contributed by atoms with Gasteiger partial charge in [-0.1, -0.05) is 11.6 Å². The van der Waals surface area contributed by atoms with Crippen LogP contribution in [0.15, 0.2) is 24.8 Å². The van der Waals surface area contributed by atoms with E-state index in [0.717, 1.165) is 18.9 Å². The van der Waals surface area contributed by atoms with E-state index >= 15 is 0 Å². The monoisotopic (exact) mass is 358 g/mol. The molecule has 2 aromatic heterocycles. The lowest BCUT2D eigenvalue weighted by Crippen LogP contribution is -2.49. The summed E-state index contributed by atoms with van der Waals surface area (Å²) in [7, 11) is 1.95. The molecular formula is C14H20Cl2N6O. The summed E-state index contributed by atoms with van der Waals surface area (Å²) in [6.45, 7) is 2.75. The molecule has 1 unspecified atom stereocenters. The first-order valence-electron chi connectivity index (χ1n) is 7.30. The normalized spacial score (nSPS) is 17.8. The number of nitrogens with one attached hydrogen (secondary N) is 1. The maximum Gasteiger partial charge on any atom is 0.225 e. The highest BCUT2D eigenvalue weighted by molar-refractivity contribution is 6.30. The van der Waals surface area contributed by atoms with Gasteiger partial charge in [0.05, 0.1) is 11.2 Å². The Labute approximate surface area is 146 Å². The van der Waals surface area contributed by atoms with Crippen molar-refractivity contribution in [2.45, 2.75) is 19.0 Å². The summed E-state index contributed by atoms with van der Waals surface area (Å²) in [6, 6.07) is -0.0255. The van der Waals surface area contributed by atoms with Gasteiger partial charge in [0, 0.05) is 58.2 Å². The highest BCUT2D eigenvalue weighted by Crippen LogP contribution is 2.21. The van der Waals surface area contributed by atoms with Crippen molar-refractivity contribution >= 4 is 29.9 Å². The number of imidazole rings is 1. The fraction of sp³-hybridized carbons (Fsp3) is 0.500. The van der Waals surface area contributed by atoms with Crippen molar-refractivity contribution in [3.63, 3.8) is 0 Å². The zero-order valence-electron chi connectivity index (χ0n) is 12.9. The molecule has 1 fully saturated rings. The van der Waals surface area contributed by atoms with Gasteiger partial charge in [0.1, 0.15) is 11.9 Å². The van der Waals surface area contributed by atoms with Crippen LogP contribution in [0, 0.1) is 0 Å². The first-order valence-corrected chi connectivity index (χ1v) is 7.68. The van der Waals surface area contributed by atoms with Crippen molar-refractivity contribution in [1.82, 2.24) is 29.5 Å². The molecule has 1 aliphatic rings. The fourth-order valence-electron chi connectivity index (χ4n) is 2.75. The predicted octanol–water partition coefficient (Wildman–Crippen LogP) is 1.25. The van der Waals surface area contributed by atoms with Crippen molar-refractivity contribution in [3.05, 3.63) is 35.6 Å². The average Bonchev–Trinajstić information content (AvgIpc) is 3.13. The molecule has 0 saturated carbocycles. The smallest absolute Gasteiger partial charge is 0.225 e. The third-order valence-electron chi connectivity index (χ3n) is 3.88. The molecule has 7 nitrogen and oxygen atoms in total. The maximum absolute atomic E-state index is 12.6. The van der Waals surface area contributed by atoms with Crippen LogP contribution in [0.5, 0.6) is 0 Å². The minimum Gasteiger partial charge on any atom is -0.336 e. The van der Waals surface area contributed by atoms with Crippen molar-refractivity contribution in [2.75, 3.05) is 19.6 Å². The molecule has 1 atom stereocenters. The van der Waals surface area contributed by atoms with Crippen LogP contribution in [0.25, 0.3) is 0 Å². The lowest BCUT2D eigenvalue weighted by Gasteiger charge is -2.35. The number of aryl methyl sites for hydroxylation is 2. The van der Waals surface area contributed by atoms with Crippen molar-refractivity contribution in [1.29, 1.82) is 0 Å². The Morgan fingerprint density at radius 2 is 2.35 bits per heavy atom. The van der Waals surface area contributed by atoms with E-state index in [0.29, 0.717) is 24.5 Å². The van der Waals surface area contributed by atoms with Crippen molar-refractivity contribution in [3.8, 4) is 0 Å². The number of piperazine rings is 1. The Hall–Kier alpha value is -1.57. The quantitative estimate of drug-likeness (QED) is 0.893. The van der Waals surface area contributed by atoms with Crippen LogP contribution in [0.2, 0.25) is 5.02 Å². The number of hydrogen-bond donors (Lipinski definition) is 1. The van der Waals surface area contributed by atoms with Gasteiger partial charge in [-0.2, -0.15) is 5.10 Å². The molecule has 0 spiro atoms. The number of carbonyl (C=O) groups is 1. The van der Waals surface area contributed by atoms with Gasteiger partial charge in [0.2, 0.25) is 5.91 Å². The first-order chi connectivity index (χ1) is 10.6. The number of rotatable bonds is 4. The number of aromatic nitrogens is 4. The molecular weight excluding hydrogens is 339 g/mol. The predicted molar refractivity (Wildman–Crippen MR) is 89.6 cm³/mol. The van der Waals surface area contributed by atoms with Gasteiger partial charge in [-0.25, -0.2) is 4.98 Å². The van der Waals surface area contributed by atoms with Crippen molar-refractivity contribution < 1.29 is 4.79 Å². The topological polar surface area (TPSA) is 68.0 Å². The van der Waals surface area contributed by atoms with Crippen LogP contribution in [0.4, 0.5) is 0 Å². The largest absolute Gasteiger partial charge is 0.336 e. The van der Waals surface area contributed by atoms with E-state index in [1.165, 1.54) is 0 Å². The molecule has 0 aromatic carbocycles. The van der Waals surface area contributed by atoms with Crippen LogP contribution in [-0.4, -0.2) is 49.8 Å². The second kappa shape index (κ2) is 7.81. The molecule has 0 bridgehead atoms. The zero-order chi connectivity index (χ0) is 15.5. The van der Waals surface area contributed by atoms with Gasteiger partial charge < -0.3 is 14.8 Å². The third kappa shape index (κ3) is 4.04. The van der Waals surface area contributed by atoms with E-state index in [9.17, 15) is 4.79 Å². The Kier molecular flexibility index (Phi) is 6.04. The number of amides is 1. The number of hydrogen-bond acceptors (Lipinski definition) is 4. The van der Waals surface area contributed by atoms with E-state index in [4.69, 9.17) is 11.6 Å². The number of carbonyl (C=O) groups excluding carboxylic acids is 1. The van der Waals surface area contributed by atoms with Gasteiger partial charge in [-0.05, 0) is 0 Å². The molecule has 1 amide bonds. The molecule has 0 radical (unpaired) electrons. The van der Waals surface area contributed by atoms with Crippen LogP contribution >= 0.6 is 24.0 Å². The van der Waals surface area contributed by atoms with Gasteiger partial charge >= 0.3 is 0 Å². The second-order valence-corrected chi connectivity index (χ2v) is 5.81. The molecule has 1 N–H and O–H groups in total. The Morgan fingerprint density at radius 1 is 1.52 bits per heavy atom. The standard InChI is InChI=1S/C14H19ClN6O.ClH/c1-19-6-4-17-14(19)12-9-16-3-7-21(12)13(22)2-5-20-10-11(15)8-18-20;/h4,6,8,10,12,16H,2-3,5,7,9H2,1H3;1H. The summed E-state index contributed by atoms with van der Waals surface area (Å²) in [4.78, 5) is 18.9. The zero-order valence-corrected chi connectivity index (χ0v) is 14.4. The maximum atomic E-state index is 12.6. The third-order valence-corrected chi connectivity index (χ3v) is 4.07. The van der Waals surface area contributed by atoms with E-state index in [1.54, 1.807) is 23.3 Å². The molecule has 23 heavy (non-hydrogen) atoms. The van der Waals surface area contributed by atoms with Gasteiger partial charge in [0.25, 0.3) is 0 Å². The summed E-state index contributed by atoms with van der Waals surface area (Å²) in [5, 5.41) is 8.01. The molecule has 1 aliphatic heterocycles. The first kappa shape index (κ1) is 17.8. The van der Waals surface area contributed by atoms with Gasteiger partial charge in [0.15, 0.2) is 0 Å². The Morgan fingerprint density at radius 3 is 3.00 bits per heavy atom. The van der Waals surface area contributed by atoms with Crippen LogP contribution < -0.4 is 5.32 Å². The number of nitrogens with zero attached hydrogens (tertiary/aromatic N) is 5. The van der Waals surface area contributed by atoms with Crippen LogP contribution in [-0.2, 0) is 18.4 Å². The Bertz CT molecular complexity index is 655. The summed E-state index contributed by atoms with van der Waals surface area (Å²) in [6.07, 6.45) is 7.37. The second-order valence-electron chi connectivity index (χ2n) is 5.38. The van der Waals surface area contributed by atoms with Crippen molar-refractivity contribution in [2.24, 2.45) is 7.05 Å². The van der Waals surface area contributed by atoms with E-state index in [2.05, 4.69) is 15.4 Å². The number of halogens is 2.